The minimum absolute atomic E-state index is 0.140. The lowest BCUT2D eigenvalue weighted by Gasteiger charge is -2.17. The Labute approximate surface area is 124 Å². The molecule has 0 saturated heterocycles. The molecule has 0 heterocycles. The quantitative estimate of drug-likeness (QED) is 0.885. The molecule has 0 bridgehead atoms. The molecule has 0 saturated carbocycles. The van der Waals surface area contributed by atoms with Crippen molar-refractivity contribution in [2.45, 2.75) is 12.7 Å². The van der Waals surface area contributed by atoms with Crippen LogP contribution in [-0.2, 0) is 11.3 Å². The van der Waals surface area contributed by atoms with E-state index in [1.807, 2.05) is 48.5 Å². The van der Waals surface area contributed by atoms with Gasteiger partial charge in [-0.25, -0.2) is 0 Å². The van der Waals surface area contributed by atoms with Crippen molar-refractivity contribution in [2.75, 3.05) is 13.7 Å². The van der Waals surface area contributed by atoms with Gasteiger partial charge in [0.2, 0.25) is 0 Å². The summed E-state index contributed by atoms with van der Waals surface area (Å²) >= 11 is 5.88. The third-order valence-electron chi connectivity index (χ3n) is 3.04. The Morgan fingerprint density at radius 2 is 1.90 bits per heavy atom. The molecule has 0 spiro atoms. The fourth-order valence-electron chi connectivity index (χ4n) is 1.94. The summed E-state index contributed by atoms with van der Waals surface area (Å²) in [6.07, 6.45) is -0.140. The second kappa shape index (κ2) is 7.29. The van der Waals surface area contributed by atoms with Crippen molar-refractivity contribution in [3.05, 3.63) is 64.7 Å². The number of hydrogen-bond donors (Lipinski definition) is 1. The van der Waals surface area contributed by atoms with Gasteiger partial charge in [-0.15, -0.1) is 0 Å². The molecule has 3 nitrogen and oxygen atoms in total. The van der Waals surface area contributed by atoms with Crippen LogP contribution in [0.5, 0.6) is 5.75 Å². The second-order valence-electron chi connectivity index (χ2n) is 4.44. The molecule has 0 aliphatic heterocycles. The first-order valence-corrected chi connectivity index (χ1v) is 6.81. The van der Waals surface area contributed by atoms with E-state index in [0.717, 1.165) is 16.9 Å². The first-order chi connectivity index (χ1) is 9.72. The van der Waals surface area contributed by atoms with Crippen LogP contribution in [0.15, 0.2) is 48.5 Å². The lowest BCUT2D eigenvalue weighted by Crippen LogP contribution is -2.15. The highest BCUT2D eigenvalue weighted by Gasteiger charge is 2.10. The van der Waals surface area contributed by atoms with Crippen molar-refractivity contribution in [1.82, 2.24) is 0 Å². The molecule has 20 heavy (non-hydrogen) atoms. The number of benzene rings is 2. The molecule has 0 aliphatic carbocycles. The molecule has 2 N–H and O–H groups in total. The largest absolute Gasteiger partial charge is 0.497 e. The highest BCUT2D eigenvalue weighted by molar-refractivity contribution is 6.30. The second-order valence-corrected chi connectivity index (χ2v) is 4.87. The fourth-order valence-corrected chi connectivity index (χ4v) is 2.06. The summed E-state index contributed by atoms with van der Waals surface area (Å²) in [5.41, 5.74) is 7.86. The molecule has 2 rings (SSSR count). The van der Waals surface area contributed by atoms with E-state index in [0.29, 0.717) is 18.2 Å². The van der Waals surface area contributed by atoms with Crippen LogP contribution in [0, 0.1) is 0 Å². The molecule has 1 atom stereocenters. The smallest absolute Gasteiger partial charge is 0.119 e. The first-order valence-electron chi connectivity index (χ1n) is 6.43. The van der Waals surface area contributed by atoms with Crippen molar-refractivity contribution < 1.29 is 9.47 Å². The molecule has 0 fully saturated rings. The Morgan fingerprint density at radius 3 is 2.55 bits per heavy atom. The maximum absolute atomic E-state index is 5.88. The summed E-state index contributed by atoms with van der Waals surface area (Å²) in [7, 11) is 1.65. The van der Waals surface area contributed by atoms with Gasteiger partial charge in [0.15, 0.2) is 0 Å². The van der Waals surface area contributed by atoms with E-state index in [2.05, 4.69) is 0 Å². The van der Waals surface area contributed by atoms with E-state index in [-0.39, 0.29) is 6.10 Å². The monoisotopic (exact) mass is 291 g/mol. The summed E-state index contributed by atoms with van der Waals surface area (Å²) in [6.45, 7) is 0.910. The molecule has 4 heteroatoms. The maximum Gasteiger partial charge on any atom is 0.119 e. The highest BCUT2D eigenvalue weighted by Crippen LogP contribution is 2.21. The fraction of sp³-hybridized carbons (Fsp3) is 0.250. The van der Waals surface area contributed by atoms with E-state index in [1.54, 1.807) is 7.11 Å². The van der Waals surface area contributed by atoms with Crippen LogP contribution in [0.2, 0.25) is 5.02 Å². The Kier molecular flexibility index (Phi) is 5.41. The van der Waals surface area contributed by atoms with Crippen LogP contribution in [0.1, 0.15) is 17.2 Å². The van der Waals surface area contributed by atoms with Crippen molar-refractivity contribution in [3.8, 4) is 5.75 Å². The average molecular weight is 292 g/mol. The molecular weight excluding hydrogens is 274 g/mol. The maximum atomic E-state index is 5.88. The van der Waals surface area contributed by atoms with Crippen LogP contribution in [0.4, 0.5) is 0 Å². The van der Waals surface area contributed by atoms with E-state index in [1.165, 1.54) is 0 Å². The Hall–Kier alpha value is -1.55. The minimum atomic E-state index is -0.140. The molecule has 0 aliphatic rings. The predicted molar refractivity (Wildman–Crippen MR) is 81.0 cm³/mol. The van der Waals surface area contributed by atoms with Gasteiger partial charge in [0.05, 0.1) is 19.8 Å². The zero-order chi connectivity index (χ0) is 14.4. The van der Waals surface area contributed by atoms with E-state index in [9.17, 15) is 0 Å². The standard InChI is InChI=1S/C16H18ClNO2/c1-19-15-4-2-3-12(9-15)11-20-16(10-18)13-5-7-14(17)8-6-13/h2-9,16H,10-11,18H2,1H3. The number of methoxy groups -OCH3 is 1. The third kappa shape index (κ3) is 3.97. The summed E-state index contributed by atoms with van der Waals surface area (Å²) in [5.74, 6) is 0.821. The molecule has 0 amide bonds. The normalized spacial score (nSPS) is 12.2. The molecule has 106 valence electrons. The Morgan fingerprint density at radius 1 is 1.15 bits per heavy atom. The summed E-state index contributed by atoms with van der Waals surface area (Å²) in [6, 6.07) is 15.4. The number of halogens is 1. The van der Waals surface area contributed by atoms with Crippen molar-refractivity contribution >= 4 is 11.6 Å². The van der Waals surface area contributed by atoms with Crippen LogP contribution in [-0.4, -0.2) is 13.7 Å². The lowest BCUT2D eigenvalue weighted by atomic mass is 10.1. The van der Waals surface area contributed by atoms with E-state index in [4.69, 9.17) is 26.8 Å². The number of nitrogens with two attached hydrogens (primary N) is 1. The van der Waals surface area contributed by atoms with Crippen LogP contribution in [0.25, 0.3) is 0 Å². The summed E-state index contributed by atoms with van der Waals surface area (Å²) < 4.78 is 11.1. The summed E-state index contributed by atoms with van der Waals surface area (Å²) in [4.78, 5) is 0. The van der Waals surface area contributed by atoms with E-state index < -0.39 is 0 Å². The predicted octanol–water partition coefficient (Wildman–Crippen LogP) is 3.57. The lowest BCUT2D eigenvalue weighted by molar-refractivity contribution is 0.0455. The van der Waals surface area contributed by atoms with Crippen LogP contribution < -0.4 is 10.5 Å². The first kappa shape index (κ1) is 14.9. The molecule has 2 aromatic rings. The highest BCUT2D eigenvalue weighted by atomic mass is 35.5. The molecule has 1 unspecified atom stereocenters. The summed E-state index contributed by atoms with van der Waals surface area (Å²) in [5, 5.41) is 0.706. The number of hydrogen-bond acceptors (Lipinski definition) is 3. The average Bonchev–Trinajstić information content (AvgIpc) is 2.50. The van der Waals surface area contributed by atoms with Gasteiger partial charge in [-0.2, -0.15) is 0 Å². The molecule has 0 radical (unpaired) electrons. The van der Waals surface area contributed by atoms with Gasteiger partial charge in [-0.05, 0) is 35.4 Å². The van der Waals surface area contributed by atoms with Gasteiger partial charge in [-0.1, -0.05) is 35.9 Å². The van der Waals surface area contributed by atoms with Gasteiger partial charge in [0, 0.05) is 11.6 Å². The van der Waals surface area contributed by atoms with Gasteiger partial charge in [0.1, 0.15) is 5.75 Å². The molecule has 0 aromatic heterocycles. The minimum Gasteiger partial charge on any atom is -0.497 e. The van der Waals surface area contributed by atoms with Crippen LogP contribution in [0.3, 0.4) is 0 Å². The van der Waals surface area contributed by atoms with Gasteiger partial charge < -0.3 is 15.2 Å². The topological polar surface area (TPSA) is 44.5 Å². The Bertz CT molecular complexity index is 542. The SMILES string of the molecule is COc1cccc(COC(CN)c2ccc(Cl)cc2)c1. The van der Waals surface area contributed by atoms with Crippen molar-refractivity contribution in [3.63, 3.8) is 0 Å². The van der Waals surface area contributed by atoms with Crippen molar-refractivity contribution in [1.29, 1.82) is 0 Å². The zero-order valence-electron chi connectivity index (χ0n) is 11.4. The van der Waals surface area contributed by atoms with E-state index >= 15 is 0 Å². The third-order valence-corrected chi connectivity index (χ3v) is 3.29. The molecular formula is C16H18ClNO2. The number of ether oxygens (including phenoxy) is 2. The molecule has 2 aromatic carbocycles. The Balaban J connectivity index is 2.01. The van der Waals surface area contributed by atoms with Gasteiger partial charge in [-0.3, -0.25) is 0 Å². The zero-order valence-corrected chi connectivity index (χ0v) is 12.1. The number of rotatable bonds is 6. The van der Waals surface area contributed by atoms with Gasteiger partial charge in [0.25, 0.3) is 0 Å². The van der Waals surface area contributed by atoms with Gasteiger partial charge >= 0.3 is 0 Å². The van der Waals surface area contributed by atoms with Crippen molar-refractivity contribution in [2.24, 2.45) is 5.73 Å². The van der Waals surface area contributed by atoms with Crippen LogP contribution >= 0.6 is 11.6 Å².